The van der Waals surface area contributed by atoms with Gasteiger partial charge < -0.3 is 15.3 Å². The third-order valence-electron chi connectivity index (χ3n) is 5.34. The van der Waals surface area contributed by atoms with E-state index in [0.717, 1.165) is 18.4 Å². The molecule has 24 heavy (non-hydrogen) atoms. The summed E-state index contributed by atoms with van der Waals surface area (Å²) in [5.41, 5.74) is 0.604. The van der Waals surface area contributed by atoms with E-state index in [1.165, 1.54) is 12.1 Å². The van der Waals surface area contributed by atoms with Crippen molar-refractivity contribution in [3.05, 3.63) is 35.6 Å². The number of likely N-dealkylation sites (tertiary alicyclic amines) is 1. The number of benzene rings is 1. The number of carbonyl (C=O) groups is 2. The molecule has 2 atom stereocenters. The molecule has 1 aliphatic heterocycles. The van der Waals surface area contributed by atoms with Gasteiger partial charge in [-0.1, -0.05) is 12.1 Å². The number of nitrogens with zero attached hydrogens (tertiary/aromatic N) is 1. The van der Waals surface area contributed by atoms with Crippen LogP contribution in [-0.4, -0.2) is 42.0 Å². The zero-order valence-corrected chi connectivity index (χ0v) is 13.8. The van der Waals surface area contributed by atoms with E-state index in [0.29, 0.717) is 19.4 Å². The molecule has 2 amide bonds. The van der Waals surface area contributed by atoms with Crippen LogP contribution in [-0.2, 0) is 9.59 Å². The summed E-state index contributed by atoms with van der Waals surface area (Å²) in [5, 5.41) is 12.3. The van der Waals surface area contributed by atoms with Crippen molar-refractivity contribution >= 4 is 11.8 Å². The maximum Gasteiger partial charge on any atom is 0.225 e. The first-order valence-corrected chi connectivity index (χ1v) is 8.35. The Bertz CT molecular complexity index is 628. The predicted octanol–water partition coefficient (Wildman–Crippen LogP) is 1.62. The van der Waals surface area contributed by atoms with E-state index in [1.807, 2.05) is 0 Å². The zero-order chi connectivity index (χ0) is 17.3. The molecular weight excluding hydrogens is 311 g/mol. The van der Waals surface area contributed by atoms with E-state index < -0.39 is 6.04 Å². The van der Waals surface area contributed by atoms with Gasteiger partial charge in [-0.25, -0.2) is 4.39 Å². The highest BCUT2D eigenvalue weighted by Crippen LogP contribution is 2.44. The van der Waals surface area contributed by atoms with Crippen LogP contribution in [0.5, 0.6) is 0 Å². The molecule has 1 aromatic carbocycles. The number of aliphatic hydroxyl groups excluding tert-OH is 1. The topological polar surface area (TPSA) is 69.6 Å². The minimum absolute atomic E-state index is 0.0117. The maximum absolute atomic E-state index is 13.2. The number of aliphatic hydroxyl groups is 1. The summed E-state index contributed by atoms with van der Waals surface area (Å²) < 4.78 is 13.2. The quantitative estimate of drug-likeness (QED) is 0.860. The fourth-order valence-electron chi connectivity index (χ4n) is 3.40. The van der Waals surface area contributed by atoms with Crippen LogP contribution in [0.1, 0.15) is 37.3 Å². The summed E-state index contributed by atoms with van der Waals surface area (Å²) in [4.78, 5) is 26.3. The molecule has 0 spiro atoms. The Balaban J connectivity index is 1.77. The Morgan fingerprint density at radius 1 is 1.38 bits per heavy atom. The first kappa shape index (κ1) is 16.9. The standard InChI is InChI=1S/C18H23FN2O3/c1-21-15(23)7-6-14(16(21)12-2-4-13(19)5-3-12)17(24)20-10-18(11-22)8-9-18/h2-5,14,16,22H,6-11H2,1H3,(H,20,24)/t14-,16+/m1/s1. The van der Waals surface area contributed by atoms with Crippen LogP contribution in [0.4, 0.5) is 4.39 Å². The number of hydrogen-bond acceptors (Lipinski definition) is 3. The van der Waals surface area contributed by atoms with Crippen molar-refractivity contribution in [2.45, 2.75) is 31.7 Å². The third kappa shape index (κ3) is 3.29. The van der Waals surface area contributed by atoms with Crippen LogP contribution >= 0.6 is 0 Å². The van der Waals surface area contributed by atoms with Crippen LogP contribution in [0.25, 0.3) is 0 Å². The molecule has 1 aromatic rings. The molecule has 1 aliphatic carbocycles. The number of rotatable bonds is 5. The Labute approximate surface area is 140 Å². The Kier molecular flexibility index (Phi) is 4.58. The van der Waals surface area contributed by atoms with Gasteiger partial charge in [0.2, 0.25) is 11.8 Å². The number of hydrogen-bond donors (Lipinski definition) is 2. The second-order valence-electron chi connectivity index (χ2n) is 7.02. The van der Waals surface area contributed by atoms with Crippen molar-refractivity contribution in [1.82, 2.24) is 10.2 Å². The third-order valence-corrected chi connectivity index (χ3v) is 5.34. The van der Waals surface area contributed by atoms with Crippen molar-refractivity contribution < 1.29 is 19.1 Å². The lowest BCUT2D eigenvalue weighted by Gasteiger charge is -2.38. The van der Waals surface area contributed by atoms with Gasteiger partial charge in [0.25, 0.3) is 0 Å². The van der Waals surface area contributed by atoms with Gasteiger partial charge in [0.05, 0.1) is 18.6 Å². The van der Waals surface area contributed by atoms with Crippen molar-refractivity contribution in [2.24, 2.45) is 11.3 Å². The Hall–Kier alpha value is -1.95. The van der Waals surface area contributed by atoms with Gasteiger partial charge in [0, 0.05) is 25.4 Å². The molecule has 0 radical (unpaired) electrons. The molecule has 2 aliphatic rings. The molecule has 0 aromatic heterocycles. The summed E-state index contributed by atoms with van der Waals surface area (Å²) in [5.74, 6) is -0.832. The average molecular weight is 334 g/mol. The molecule has 2 fully saturated rings. The number of amides is 2. The molecule has 6 heteroatoms. The van der Waals surface area contributed by atoms with Crippen molar-refractivity contribution in [3.8, 4) is 0 Å². The van der Waals surface area contributed by atoms with Gasteiger partial charge in [0.15, 0.2) is 0 Å². The molecule has 5 nitrogen and oxygen atoms in total. The lowest BCUT2D eigenvalue weighted by molar-refractivity contribution is -0.141. The highest BCUT2D eigenvalue weighted by molar-refractivity contribution is 5.85. The second kappa shape index (κ2) is 6.51. The fraction of sp³-hybridized carbons (Fsp3) is 0.556. The maximum atomic E-state index is 13.2. The van der Waals surface area contributed by atoms with E-state index in [9.17, 15) is 19.1 Å². The van der Waals surface area contributed by atoms with Crippen LogP contribution < -0.4 is 5.32 Å². The molecule has 0 bridgehead atoms. The van der Waals surface area contributed by atoms with Crippen molar-refractivity contribution in [3.63, 3.8) is 0 Å². The monoisotopic (exact) mass is 334 g/mol. The van der Waals surface area contributed by atoms with Crippen molar-refractivity contribution in [1.29, 1.82) is 0 Å². The SMILES string of the molecule is CN1C(=O)CC[C@@H](C(=O)NCC2(CO)CC2)[C@@H]1c1ccc(F)cc1. The fourth-order valence-corrected chi connectivity index (χ4v) is 3.40. The van der Waals surface area contributed by atoms with E-state index in [-0.39, 0.29) is 35.6 Å². The van der Waals surface area contributed by atoms with Crippen LogP contribution in [0, 0.1) is 17.2 Å². The van der Waals surface area contributed by atoms with Gasteiger partial charge in [0.1, 0.15) is 5.82 Å². The van der Waals surface area contributed by atoms with E-state index in [2.05, 4.69) is 5.32 Å². The summed E-state index contributed by atoms with van der Waals surface area (Å²) in [6, 6.07) is 5.57. The normalized spacial score (nSPS) is 25.5. The molecule has 1 saturated heterocycles. The molecule has 0 unspecified atom stereocenters. The number of piperidine rings is 1. The number of carbonyl (C=O) groups excluding carboxylic acids is 2. The zero-order valence-electron chi connectivity index (χ0n) is 13.8. The highest BCUT2D eigenvalue weighted by Gasteiger charge is 2.44. The van der Waals surface area contributed by atoms with Gasteiger partial charge in [-0.3, -0.25) is 9.59 Å². The largest absolute Gasteiger partial charge is 0.396 e. The van der Waals surface area contributed by atoms with E-state index >= 15 is 0 Å². The van der Waals surface area contributed by atoms with E-state index in [1.54, 1.807) is 24.1 Å². The second-order valence-corrected chi connectivity index (χ2v) is 7.02. The molecule has 1 heterocycles. The van der Waals surface area contributed by atoms with Crippen LogP contribution in [0.15, 0.2) is 24.3 Å². The average Bonchev–Trinajstić information content (AvgIpc) is 3.37. The summed E-state index contributed by atoms with van der Waals surface area (Å²) in [6.45, 7) is 0.546. The lowest BCUT2D eigenvalue weighted by Crippen LogP contribution is -2.47. The highest BCUT2D eigenvalue weighted by atomic mass is 19.1. The minimum atomic E-state index is -0.392. The molecule has 2 N–H and O–H groups in total. The van der Waals surface area contributed by atoms with Gasteiger partial charge >= 0.3 is 0 Å². The Morgan fingerprint density at radius 3 is 2.62 bits per heavy atom. The molecule has 1 saturated carbocycles. The number of nitrogens with one attached hydrogen (secondary N) is 1. The Morgan fingerprint density at radius 2 is 2.04 bits per heavy atom. The van der Waals surface area contributed by atoms with Gasteiger partial charge in [-0.2, -0.15) is 0 Å². The lowest BCUT2D eigenvalue weighted by atomic mass is 9.84. The van der Waals surface area contributed by atoms with E-state index in [4.69, 9.17) is 0 Å². The molecule has 3 rings (SSSR count). The summed E-state index contributed by atoms with van der Waals surface area (Å²) in [7, 11) is 1.69. The molecule has 130 valence electrons. The predicted molar refractivity (Wildman–Crippen MR) is 86.4 cm³/mol. The van der Waals surface area contributed by atoms with Crippen molar-refractivity contribution in [2.75, 3.05) is 20.2 Å². The molecular formula is C18H23FN2O3. The smallest absolute Gasteiger partial charge is 0.225 e. The summed E-state index contributed by atoms with van der Waals surface area (Å²) >= 11 is 0. The van der Waals surface area contributed by atoms with Crippen LogP contribution in [0.2, 0.25) is 0 Å². The first-order valence-electron chi connectivity index (χ1n) is 8.35. The van der Waals surface area contributed by atoms with Gasteiger partial charge in [-0.05, 0) is 37.0 Å². The minimum Gasteiger partial charge on any atom is -0.396 e. The first-order chi connectivity index (χ1) is 11.5. The van der Waals surface area contributed by atoms with Gasteiger partial charge in [-0.15, -0.1) is 0 Å². The number of halogens is 1. The summed E-state index contributed by atoms with van der Waals surface area (Å²) in [6.07, 6.45) is 2.66. The van der Waals surface area contributed by atoms with Crippen LogP contribution in [0.3, 0.4) is 0 Å².